The molecule has 3 N–H and O–H groups in total. The van der Waals surface area contributed by atoms with Crippen LogP contribution in [0.1, 0.15) is 63.0 Å². The van der Waals surface area contributed by atoms with E-state index in [1.807, 2.05) is 42.7 Å². The van der Waals surface area contributed by atoms with Crippen LogP contribution in [-0.2, 0) is 4.79 Å². The number of nitrogens with two attached hydrogens (primary N) is 1. The zero-order chi connectivity index (χ0) is 26.4. The van der Waals surface area contributed by atoms with Gasteiger partial charge in [-0.3, -0.25) is 24.1 Å². The van der Waals surface area contributed by atoms with E-state index in [1.54, 1.807) is 29.7 Å². The number of fused-ring (bicyclic) bond motifs is 3. The Bertz CT molecular complexity index is 1570. The van der Waals surface area contributed by atoms with Gasteiger partial charge in [0.1, 0.15) is 16.9 Å². The van der Waals surface area contributed by atoms with Crippen LogP contribution >= 0.6 is 11.3 Å². The number of primary amides is 1. The summed E-state index contributed by atoms with van der Waals surface area (Å²) in [5, 5.41) is 19.6. The lowest BCUT2D eigenvalue weighted by molar-refractivity contribution is -0.142. The van der Waals surface area contributed by atoms with Crippen molar-refractivity contribution < 1.29 is 14.7 Å². The van der Waals surface area contributed by atoms with E-state index in [-0.39, 0.29) is 0 Å². The van der Waals surface area contributed by atoms with Gasteiger partial charge < -0.3 is 10.8 Å². The summed E-state index contributed by atoms with van der Waals surface area (Å²) in [7, 11) is 0. The highest BCUT2D eigenvalue weighted by atomic mass is 32.1. The molecule has 0 radical (unpaired) electrons. The predicted octanol–water partition coefficient (Wildman–Crippen LogP) is 4.42. The molecular weight excluding hydrogens is 488 g/mol. The first-order valence-corrected chi connectivity index (χ1v) is 12.7. The summed E-state index contributed by atoms with van der Waals surface area (Å²) in [5.41, 5.74) is 10.9. The third-order valence-electron chi connectivity index (χ3n) is 6.83. The fourth-order valence-corrected chi connectivity index (χ4v) is 5.90. The number of aromatic nitrogens is 4. The van der Waals surface area contributed by atoms with Crippen molar-refractivity contribution >= 4 is 28.9 Å². The fourth-order valence-electron chi connectivity index (χ4n) is 4.69. The highest BCUT2D eigenvalue weighted by Gasteiger charge is 2.37. The second-order valence-electron chi connectivity index (χ2n) is 9.05. The maximum absolute atomic E-state index is 12.2. The number of benzene rings is 1. The number of carboxylic acids is 1. The molecule has 10 heteroatoms. The molecule has 1 aromatic carbocycles. The smallest absolute Gasteiger partial charge is 0.309 e. The zero-order valence-corrected chi connectivity index (χ0v) is 21.7. The van der Waals surface area contributed by atoms with Crippen LogP contribution in [0.25, 0.3) is 16.3 Å². The van der Waals surface area contributed by atoms with Gasteiger partial charge in [-0.05, 0) is 44.9 Å². The number of nitrogens with zero attached hydrogens (tertiary/aromatic N) is 5. The first-order valence-electron chi connectivity index (χ1n) is 11.9. The van der Waals surface area contributed by atoms with E-state index in [4.69, 9.17) is 10.7 Å². The van der Waals surface area contributed by atoms with E-state index < -0.39 is 23.8 Å². The molecule has 0 bridgehead atoms. The Labute approximate surface area is 217 Å². The second kappa shape index (κ2) is 9.36. The van der Waals surface area contributed by atoms with Crippen LogP contribution in [0.4, 0.5) is 0 Å². The van der Waals surface area contributed by atoms with Crippen molar-refractivity contribution in [1.29, 1.82) is 0 Å². The lowest BCUT2D eigenvalue weighted by atomic mass is 9.95. The largest absolute Gasteiger partial charge is 0.481 e. The van der Waals surface area contributed by atoms with Crippen LogP contribution in [0.15, 0.2) is 47.6 Å². The van der Waals surface area contributed by atoms with Crippen LogP contribution < -0.4 is 5.73 Å². The Balaban J connectivity index is 1.69. The lowest BCUT2D eigenvalue weighted by Crippen LogP contribution is -2.23. The van der Waals surface area contributed by atoms with Gasteiger partial charge in [-0.25, -0.2) is 0 Å². The molecule has 0 saturated carbocycles. The highest BCUT2D eigenvalue weighted by molar-refractivity contribution is 7.15. The van der Waals surface area contributed by atoms with E-state index in [0.29, 0.717) is 29.3 Å². The van der Waals surface area contributed by atoms with Crippen LogP contribution in [0.3, 0.4) is 0 Å². The zero-order valence-electron chi connectivity index (χ0n) is 20.9. The summed E-state index contributed by atoms with van der Waals surface area (Å²) < 4.78 is 1.96. The average Bonchev–Trinajstić information content (AvgIpc) is 3.35. The molecule has 1 aliphatic rings. The van der Waals surface area contributed by atoms with E-state index >= 15 is 0 Å². The molecule has 5 rings (SSSR count). The van der Waals surface area contributed by atoms with Gasteiger partial charge in [0.15, 0.2) is 5.82 Å². The highest BCUT2D eigenvalue weighted by Crippen LogP contribution is 2.41. The molecule has 0 fully saturated rings. The topological polar surface area (TPSA) is 136 Å². The number of rotatable bonds is 6. The molecule has 188 valence electrons. The SMILES string of the molecule is CCC(C(=O)O)[C@@H]1N=C(c2ccc(-c3cc(C(N)=O)ccn3)cc2)c2c(sc(C)c2C)-n2c(C)nnc21. The van der Waals surface area contributed by atoms with E-state index in [9.17, 15) is 14.7 Å². The Morgan fingerprint density at radius 3 is 2.46 bits per heavy atom. The van der Waals surface area contributed by atoms with Gasteiger partial charge in [-0.1, -0.05) is 31.2 Å². The first-order chi connectivity index (χ1) is 17.7. The summed E-state index contributed by atoms with van der Waals surface area (Å²) in [6.45, 7) is 7.84. The van der Waals surface area contributed by atoms with Crippen molar-refractivity contribution in [3.63, 3.8) is 0 Å². The van der Waals surface area contributed by atoms with Gasteiger partial charge in [0.2, 0.25) is 5.91 Å². The predicted molar refractivity (Wildman–Crippen MR) is 141 cm³/mol. The van der Waals surface area contributed by atoms with Crippen molar-refractivity contribution in [3.8, 4) is 16.3 Å². The van der Waals surface area contributed by atoms with Crippen molar-refractivity contribution in [2.45, 2.75) is 40.2 Å². The van der Waals surface area contributed by atoms with Crippen LogP contribution in [0.2, 0.25) is 0 Å². The van der Waals surface area contributed by atoms with E-state index in [0.717, 1.165) is 37.8 Å². The summed E-state index contributed by atoms with van der Waals surface area (Å²) in [6.07, 6.45) is 1.96. The molecule has 2 atom stereocenters. The number of hydrogen-bond donors (Lipinski definition) is 2. The third-order valence-corrected chi connectivity index (χ3v) is 8.02. The Hall–Kier alpha value is -4.18. The van der Waals surface area contributed by atoms with E-state index in [1.165, 1.54) is 0 Å². The molecule has 0 spiro atoms. The number of aryl methyl sites for hydroxylation is 2. The number of aliphatic carboxylic acids is 1. The van der Waals surface area contributed by atoms with Gasteiger partial charge in [0.05, 0.1) is 17.3 Å². The van der Waals surface area contributed by atoms with E-state index in [2.05, 4.69) is 29.0 Å². The maximum Gasteiger partial charge on any atom is 0.309 e. The average molecular weight is 515 g/mol. The van der Waals surface area contributed by atoms with Crippen molar-refractivity contribution in [2.24, 2.45) is 16.6 Å². The first kappa shape index (κ1) is 24.5. The Morgan fingerprint density at radius 2 is 1.81 bits per heavy atom. The molecule has 0 aliphatic carbocycles. The fraction of sp³-hybridized carbons (Fsp3) is 0.259. The maximum atomic E-state index is 12.2. The molecule has 3 aromatic heterocycles. The molecule has 1 unspecified atom stereocenters. The minimum Gasteiger partial charge on any atom is -0.481 e. The Morgan fingerprint density at radius 1 is 1.11 bits per heavy atom. The molecule has 4 heterocycles. The van der Waals surface area contributed by atoms with Crippen molar-refractivity contribution in [2.75, 3.05) is 0 Å². The standard InChI is InChI=1S/C27H26N6O3S/c1-5-19(27(35)36)23-25-32-31-15(4)33(25)26-21(13(2)14(3)37-26)22(30-23)17-8-6-16(7-9-17)20-12-18(24(28)34)10-11-29-20/h6-12,19,23H,5H2,1-4H3,(H2,28,34)(H,35,36)/t19?,23-/m0/s1. The monoisotopic (exact) mass is 514 g/mol. The quantitative estimate of drug-likeness (QED) is 0.391. The number of hydrogen-bond acceptors (Lipinski definition) is 7. The van der Waals surface area contributed by atoms with Gasteiger partial charge in [0.25, 0.3) is 0 Å². The molecule has 37 heavy (non-hydrogen) atoms. The number of thiophene rings is 1. The van der Waals surface area contributed by atoms with Crippen molar-refractivity contribution in [3.05, 3.63) is 81.4 Å². The summed E-state index contributed by atoms with van der Waals surface area (Å²) in [4.78, 5) is 34.5. The molecule has 1 aliphatic heterocycles. The minimum absolute atomic E-state index is 0.386. The third kappa shape index (κ3) is 4.13. The number of carboxylic acid groups (broad SMARTS) is 1. The van der Waals surface area contributed by atoms with Gasteiger partial charge in [-0.2, -0.15) is 0 Å². The summed E-state index contributed by atoms with van der Waals surface area (Å²) in [5.74, 6) is -0.964. The number of aliphatic imine (C=N–C) groups is 1. The second-order valence-corrected chi connectivity index (χ2v) is 10.3. The molecule has 9 nitrogen and oxygen atoms in total. The summed E-state index contributed by atoms with van der Waals surface area (Å²) in [6, 6.07) is 10.3. The normalized spacial score (nSPS) is 15.4. The van der Waals surface area contributed by atoms with Gasteiger partial charge in [0, 0.05) is 33.3 Å². The number of carbonyl (C=O) groups excluding carboxylic acids is 1. The molecular formula is C27H26N6O3S. The van der Waals surface area contributed by atoms with Gasteiger partial charge >= 0.3 is 5.97 Å². The van der Waals surface area contributed by atoms with Crippen LogP contribution in [0, 0.1) is 26.7 Å². The molecule has 1 amide bonds. The van der Waals surface area contributed by atoms with Gasteiger partial charge in [-0.15, -0.1) is 21.5 Å². The Kier molecular flexibility index (Phi) is 6.20. The number of pyridine rings is 1. The number of carbonyl (C=O) groups is 2. The number of amides is 1. The van der Waals surface area contributed by atoms with Crippen LogP contribution in [0.5, 0.6) is 0 Å². The minimum atomic E-state index is -0.920. The molecule has 4 aromatic rings. The van der Waals surface area contributed by atoms with Crippen molar-refractivity contribution in [1.82, 2.24) is 19.7 Å². The summed E-state index contributed by atoms with van der Waals surface area (Å²) >= 11 is 1.63. The van der Waals surface area contributed by atoms with Crippen LogP contribution in [-0.4, -0.2) is 42.4 Å². The molecule has 0 saturated heterocycles. The lowest BCUT2D eigenvalue weighted by Gasteiger charge is -2.18.